The van der Waals surface area contributed by atoms with E-state index in [1.165, 1.54) is 22.8 Å². The van der Waals surface area contributed by atoms with Crippen molar-refractivity contribution in [1.29, 1.82) is 0 Å². The Labute approximate surface area is 204 Å². The van der Waals surface area contributed by atoms with Crippen molar-refractivity contribution < 1.29 is 13.9 Å². The summed E-state index contributed by atoms with van der Waals surface area (Å²) in [7, 11) is 1.61. The van der Waals surface area contributed by atoms with Gasteiger partial charge >= 0.3 is 0 Å². The molecule has 0 atom stereocenters. The topological polar surface area (TPSA) is 73.2 Å². The molecular weight excluding hydrogens is 477 g/mol. The maximum absolute atomic E-state index is 13.7. The van der Waals surface area contributed by atoms with Crippen LogP contribution in [0.3, 0.4) is 0 Å². The van der Waals surface area contributed by atoms with Gasteiger partial charge in [0, 0.05) is 6.54 Å². The Morgan fingerprint density at radius 3 is 2.65 bits per heavy atom. The molecular formula is C25H21ClFN3O3S. The molecule has 0 bridgehead atoms. The lowest BCUT2D eigenvalue weighted by Gasteiger charge is -2.14. The van der Waals surface area contributed by atoms with E-state index in [0.29, 0.717) is 34.7 Å². The molecule has 4 rings (SSSR count). The number of thioether (sulfide) groups is 1. The van der Waals surface area contributed by atoms with Gasteiger partial charge in [-0.25, -0.2) is 9.37 Å². The summed E-state index contributed by atoms with van der Waals surface area (Å²) in [6, 6.07) is 18.6. The molecule has 0 radical (unpaired) electrons. The number of hydrogen-bond donors (Lipinski definition) is 1. The fourth-order valence-electron chi connectivity index (χ4n) is 3.38. The van der Waals surface area contributed by atoms with Gasteiger partial charge in [0.1, 0.15) is 11.6 Å². The molecule has 0 fully saturated rings. The molecule has 0 aliphatic carbocycles. The van der Waals surface area contributed by atoms with Crippen LogP contribution in [-0.4, -0.2) is 34.9 Å². The largest absolute Gasteiger partial charge is 0.497 e. The van der Waals surface area contributed by atoms with Crippen molar-refractivity contribution in [3.8, 4) is 11.4 Å². The highest BCUT2D eigenvalue weighted by Crippen LogP contribution is 2.24. The van der Waals surface area contributed by atoms with Crippen LogP contribution in [0.2, 0.25) is 5.02 Å². The highest BCUT2D eigenvalue weighted by molar-refractivity contribution is 7.99. The summed E-state index contributed by atoms with van der Waals surface area (Å²) in [5.74, 6) is 0.0605. The molecule has 0 aliphatic heterocycles. The molecule has 1 amide bonds. The molecule has 34 heavy (non-hydrogen) atoms. The van der Waals surface area contributed by atoms with Crippen molar-refractivity contribution >= 4 is 40.2 Å². The zero-order valence-electron chi connectivity index (χ0n) is 18.3. The highest BCUT2D eigenvalue weighted by Gasteiger charge is 2.16. The number of hydrogen-bond acceptors (Lipinski definition) is 5. The van der Waals surface area contributed by atoms with Crippen LogP contribution in [0.15, 0.2) is 76.7 Å². The molecule has 1 heterocycles. The zero-order chi connectivity index (χ0) is 24.1. The van der Waals surface area contributed by atoms with Gasteiger partial charge in [-0.15, -0.1) is 0 Å². The molecule has 1 N–H and O–H groups in total. The van der Waals surface area contributed by atoms with E-state index < -0.39 is 5.82 Å². The van der Waals surface area contributed by atoms with E-state index in [-0.39, 0.29) is 22.2 Å². The van der Waals surface area contributed by atoms with Gasteiger partial charge in [-0.2, -0.15) is 0 Å². The molecule has 6 nitrogen and oxygen atoms in total. The molecule has 174 valence electrons. The van der Waals surface area contributed by atoms with Gasteiger partial charge < -0.3 is 10.1 Å². The number of aromatic nitrogens is 2. The first kappa shape index (κ1) is 23.8. The van der Waals surface area contributed by atoms with Gasteiger partial charge in [0.15, 0.2) is 5.16 Å². The lowest BCUT2D eigenvalue weighted by atomic mass is 10.1. The Morgan fingerprint density at radius 1 is 1.15 bits per heavy atom. The quantitative estimate of drug-likeness (QED) is 0.283. The van der Waals surface area contributed by atoms with E-state index in [1.54, 1.807) is 31.4 Å². The minimum Gasteiger partial charge on any atom is -0.497 e. The third-order valence-corrected chi connectivity index (χ3v) is 6.36. The van der Waals surface area contributed by atoms with E-state index in [9.17, 15) is 14.0 Å². The minimum absolute atomic E-state index is 0.0579. The third-order valence-electron chi connectivity index (χ3n) is 5.13. The van der Waals surface area contributed by atoms with Crippen molar-refractivity contribution in [3.63, 3.8) is 0 Å². The maximum atomic E-state index is 13.7. The van der Waals surface area contributed by atoms with Crippen molar-refractivity contribution in [2.75, 3.05) is 19.4 Å². The van der Waals surface area contributed by atoms with Crippen LogP contribution in [0.1, 0.15) is 5.56 Å². The number of methoxy groups -OCH3 is 1. The first-order valence-electron chi connectivity index (χ1n) is 10.5. The number of carbonyl (C=O) groups excluding carboxylic acids is 1. The van der Waals surface area contributed by atoms with Gasteiger partial charge in [-0.05, 0) is 54.4 Å². The second kappa shape index (κ2) is 10.7. The summed E-state index contributed by atoms with van der Waals surface area (Å²) in [6.45, 7) is 0.469. The van der Waals surface area contributed by atoms with E-state index in [0.717, 1.165) is 23.1 Å². The normalized spacial score (nSPS) is 10.9. The number of ether oxygens (including phenoxy) is 1. The summed E-state index contributed by atoms with van der Waals surface area (Å²) in [5.41, 5.74) is 1.64. The smallest absolute Gasteiger partial charge is 0.266 e. The summed E-state index contributed by atoms with van der Waals surface area (Å²) < 4.78 is 20.2. The molecule has 0 spiro atoms. The number of rotatable bonds is 8. The van der Waals surface area contributed by atoms with Crippen LogP contribution >= 0.6 is 23.4 Å². The number of fused-ring (bicyclic) bond motifs is 1. The van der Waals surface area contributed by atoms with Crippen LogP contribution in [0.4, 0.5) is 4.39 Å². The third kappa shape index (κ3) is 5.40. The molecule has 0 aliphatic rings. The first-order valence-corrected chi connectivity index (χ1v) is 11.8. The average molecular weight is 498 g/mol. The van der Waals surface area contributed by atoms with Crippen molar-refractivity contribution in [3.05, 3.63) is 93.5 Å². The second-order valence-corrected chi connectivity index (χ2v) is 8.74. The number of halogens is 2. The Morgan fingerprint density at radius 2 is 1.91 bits per heavy atom. The number of nitrogens with one attached hydrogen (secondary N) is 1. The Kier molecular flexibility index (Phi) is 7.49. The lowest BCUT2D eigenvalue weighted by molar-refractivity contribution is -0.118. The number of nitrogens with zero attached hydrogens (tertiary/aromatic N) is 2. The fraction of sp³-hybridized carbons (Fsp3) is 0.160. The van der Waals surface area contributed by atoms with Gasteiger partial charge in [0.2, 0.25) is 5.91 Å². The van der Waals surface area contributed by atoms with Gasteiger partial charge in [-0.1, -0.05) is 47.6 Å². The van der Waals surface area contributed by atoms with E-state index in [1.807, 2.05) is 24.3 Å². The second-order valence-electron chi connectivity index (χ2n) is 7.39. The zero-order valence-corrected chi connectivity index (χ0v) is 19.8. The van der Waals surface area contributed by atoms with Gasteiger partial charge in [0.05, 0.1) is 34.5 Å². The number of para-hydroxylation sites is 1. The van der Waals surface area contributed by atoms with Crippen LogP contribution in [0, 0.1) is 5.82 Å². The van der Waals surface area contributed by atoms with E-state index >= 15 is 0 Å². The molecule has 4 aromatic rings. The minimum atomic E-state index is -0.586. The Bertz CT molecular complexity index is 1390. The SMILES string of the molecule is COc1ccc(CCNC(=O)CSc2nc3ccccc3c(=O)n2-c2ccc(F)c(Cl)c2)cc1. The summed E-state index contributed by atoms with van der Waals surface area (Å²) in [4.78, 5) is 30.3. The van der Waals surface area contributed by atoms with Gasteiger partial charge in [0.25, 0.3) is 5.56 Å². The fourth-order valence-corrected chi connectivity index (χ4v) is 4.40. The molecule has 9 heteroatoms. The Hall–Kier alpha value is -3.36. The number of amides is 1. The van der Waals surface area contributed by atoms with Crippen LogP contribution in [0.5, 0.6) is 5.75 Å². The molecule has 0 unspecified atom stereocenters. The first-order chi connectivity index (χ1) is 16.5. The summed E-state index contributed by atoms with van der Waals surface area (Å²) in [5, 5.41) is 3.50. The van der Waals surface area contributed by atoms with E-state index in [2.05, 4.69) is 10.3 Å². The van der Waals surface area contributed by atoms with Crippen molar-refractivity contribution in [2.45, 2.75) is 11.6 Å². The average Bonchev–Trinajstić information content (AvgIpc) is 2.85. The predicted molar refractivity (Wildman–Crippen MR) is 133 cm³/mol. The van der Waals surface area contributed by atoms with Crippen molar-refractivity contribution in [1.82, 2.24) is 14.9 Å². The molecule has 3 aromatic carbocycles. The van der Waals surface area contributed by atoms with Crippen LogP contribution in [0.25, 0.3) is 16.6 Å². The number of benzene rings is 3. The molecule has 1 aromatic heterocycles. The van der Waals surface area contributed by atoms with Gasteiger partial charge in [-0.3, -0.25) is 14.2 Å². The maximum Gasteiger partial charge on any atom is 0.266 e. The number of carbonyl (C=O) groups is 1. The van der Waals surface area contributed by atoms with Crippen molar-refractivity contribution in [2.24, 2.45) is 0 Å². The summed E-state index contributed by atoms with van der Waals surface area (Å²) >= 11 is 7.08. The van der Waals surface area contributed by atoms with Crippen LogP contribution < -0.4 is 15.6 Å². The highest BCUT2D eigenvalue weighted by atomic mass is 35.5. The monoisotopic (exact) mass is 497 g/mol. The predicted octanol–water partition coefficient (Wildman–Crippen LogP) is 4.64. The van der Waals surface area contributed by atoms with Crippen LogP contribution in [-0.2, 0) is 11.2 Å². The Balaban J connectivity index is 1.50. The summed E-state index contributed by atoms with van der Waals surface area (Å²) in [6.07, 6.45) is 0.674. The van der Waals surface area contributed by atoms with E-state index in [4.69, 9.17) is 16.3 Å². The standard InChI is InChI=1S/C25H21ClFN3O3S/c1-33-18-9-6-16(7-10-18)12-13-28-23(31)15-34-25-29-22-5-3-2-4-19(22)24(32)30(25)17-8-11-21(27)20(26)14-17/h2-11,14H,12-13,15H2,1H3,(H,28,31). The molecule has 0 saturated heterocycles. The lowest BCUT2D eigenvalue weighted by Crippen LogP contribution is -2.28. The molecule has 0 saturated carbocycles.